The largest absolute Gasteiger partial charge is 0.309 e. The highest BCUT2D eigenvalue weighted by Crippen LogP contribution is 2.44. The number of benzene rings is 9. The quantitative estimate of drug-likeness (QED) is 0.165. The zero-order chi connectivity index (χ0) is 67.0. The molecule has 0 saturated carbocycles. The summed E-state index contributed by atoms with van der Waals surface area (Å²) in [5.41, 5.74) is -9.66. The van der Waals surface area contributed by atoms with Gasteiger partial charge in [-0.25, -0.2) is 0 Å². The van der Waals surface area contributed by atoms with Crippen molar-refractivity contribution in [1.29, 1.82) is 0 Å². The third-order valence-corrected chi connectivity index (χ3v) is 10.3. The van der Waals surface area contributed by atoms with E-state index in [2.05, 4.69) is 0 Å². The summed E-state index contributed by atoms with van der Waals surface area (Å²) in [5.74, 6) is 0. The van der Waals surface area contributed by atoms with Gasteiger partial charge in [-0.3, -0.25) is 0 Å². The van der Waals surface area contributed by atoms with Crippen LogP contribution in [0.3, 0.4) is 0 Å². The Hall–Kier alpha value is -7.20. The lowest BCUT2D eigenvalue weighted by atomic mass is 9.97. The molecule has 3 heteroatoms. The van der Waals surface area contributed by atoms with E-state index < -0.39 is 305 Å². The Balaban J connectivity index is 1.31. The van der Waals surface area contributed by atoms with Gasteiger partial charge in [0.25, 0.3) is 0 Å². The number of hydrogen-bond acceptors (Lipinski definition) is 1. The van der Waals surface area contributed by atoms with E-state index in [1.54, 1.807) is 0 Å². The zero-order valence-corrected chi connectivity index (χ0v) is 29.1. The van der Waals surface area contributed by atoms with Crippen LogP contribution in [0.25, 0.3) is 109 Å². The van der Waals surface area contributed by atoms with E-state index in [1.807, 2.05) is 0 Å². The number of hydrogen-bond donors (Lipinski definition) is 0. The predicted molar refractivity (Wildman–Crippen MR) is 244 cm³/mol. The summed E-state index contributed by atoms with van der Waals surface area (Å²) >= 11 is 0.507. The molecule has 3 aromatic heterocycles. The van der Waals surface area contributed by atoms with E-state index in [1.165, 1.54) is 0 Å². The second kappa shape index (κ2) is 12.7. The van der Waals surface area contributed by atoms with Gasteiger partial charge in [0.05, 0.1) is 68.7 Å². The Labute approximate surface area is 381 Å². The molecule has 0 atom stereocenters. The van der Waals surface area contributed by atoms with Crippen molar-refractivity contribution in [3.05, 3.63) is 205 Å². The van der Waals surface area contributed by atoms with E-state index in [0.29, 0.717) is 20.5 Å². The molecule has 12 aromatic rings. The van der Waals surface area contributed by atoms with Crippen LogP contribution < -0.4 is 0 Å². The molecular formula is C54H34N2S. The molecule has 0 N–H and O–H groups in total. The molecule has 12 rings (SSSR count). The summed E-state index contributed by atoms with van der Waals surface area (Å²) < 4.78 is 311. The van der Waals surface area contributed by atoms with Crippen LogP contribution in [0, 0.1) is 0 Å². The lowest BCUT2D eigenvalue weighted by molar-refractivity contribution is 1.18. The van der Waals surface area contributed by atoms with Gasteiger partial charge in [0, 0.05) is 58.7 Å². The van der Waals surface area contributed by atoms with Crippen LogP contribution in [-0.2, 0) is 0 Å². The van der Waals surface area contributed by atoms with Crippen molar-refractivity contribution in [2.75, 3.05) is 0 Å². The van der Waals surface area contributed by atoms with E-state index in [0.717, 1.165) is 0 Å². The molecule has 0 aliphatic carbocycles. The molecule has 3 heterocycles. The van der Waals surface area contributed by atoms with Gasteiger partial charge >= 0.3 is 0 Å². The first kappa shape index (κ1) is 13.2. The van der Waals surface area contributed by atoms with E-state index in [4.69, 9.17) is 28.8 Å². The highest BCUT2D eigenvalue weighted by molar-refractivity contribution is 7.26. The topological polar surface area (TPSA) is 9.86 Å². The lowest BCUT2D eigenvalue weighted by Crippen LogP contribution is -1.95. The minimum atomic E-state index is -1.16. The van der Waals surface area contributed by atoms with Crippen LogP contribution in [0.5, 0.6) is 0 Å². The standard InChI is InChI=1S/C54H34N2S/c1-3-14-35(15-4-1)36-16-13-17-39(30-36)46-33-41(34-48-45-22-9-12-25-53(45)57-54(46)48)56-50-24-11-8-21-43(50)47-31-37(27-29-51(47)56)38-26-28-44-42-20-7-10-23-49(42)55(52(44)32-38)40-18-5-2-6-19-40/h1-34H/i1D,2D,3D,4D,5D,6D,7D,8D,9D,10D,11D,12D,13D,14D,15D,16D,17D,18D,19D,20D,21D,22D,23D,24D,25D,26D,27D,28D,29D,30D,31D,32D,33D,34D. The van der Waals surface area contributed by atoms with E-state index >= 15 is 0 Å². The van der Waals surface area contributed by atoms with Crippen LogP contribution in [0.2, 0.25) is 0 Å². The van der Waals surface area contributed by atoms with Crippen LogP contribution in [-0.4, -0.2) is 9.13 Å². The summed E-state index contributed by atoms with van der Waals surface area (Å²) in [5, 5.41) is -3.57. The summed E-state index contributed by atoms with van der Waals surface area (Å²) in [6, 6.07) is -32.7. The fraction of sp³-hybridized carbons (Fsp3) is 0. The van der Waals surface area contributed by atoms with Gasteiger partial charge in [0.1, 0.15) is 0 Å². The number of thiophene rings is 1. The molecule has 0 amide bonds. The van der Waals surface area contributed by atoms with Crippen LogP contribution in [0.1, 0.15) is 46.6 Å². The third kappa shape index (κ3) is 5.03. The van der Waals surface area contributed by atoms with Crippen LogP contribution in [0.15, 0.2) is 205 Å². The Bertz CT molecular complexity index is 5470. The normalized spacial score (nSPS) is 20.2. The lowest BCUT2D eigenvalue weighted by Gasteiger charge is -2.13. The monoisotopic (exact) mass is 776 g/mol. The summed E-state index contributed by atoms with van der Waals surface area (Å²) in [6.45, 7) is 0. The number of aromatic nitrogens is 2. The SMILES string of the molecule is [2H]c1c([2H])c([2H])c(-c2c([2H])c([2H])c([2H])c(-c3c([2H])c(-n4c5c([2H])c([2H])c([2H])c([2H])c5c5c([2H])c(-c6c([2H])c([2H])c7c8c([2H])c([2H])c([2H])c([2H])c8n(-c8c([2H])c([2H])c([2H])c([2H])c8[2H])c7c6[2H])c([2H])c([2H])c54)c([2H])c4c3sc3c([2H])c([2H])c([2H])c([2H])c34)c2[2H])c([2H])c1[2H]. The second-order valence-electron chi connectivity index (χ2n) is 12.3. The van der Waals surface area contributed by atoms with Crippen LogP contribution >= 0.6 is 11.3 Å². The molecule has 0 fully saturated rings. The Morgan fingerprint density at radius 3 is 1.68 bits per heavy atom. The maximum atomic E-state index is 10.3. The van der Waals surface area contributed by atoms with Gasteiger partial charge in [-0.15, -0.1) is 11.3 Å². The molecule has 0 unspecified atom stereocenters. The number of rotatable bonds is 5. The van der Waals surface area contributed by atoms with E-state index in [9.17, 15) is 17.8 Å². The van der Waals surface area contributed by atoms with Gasteiger partial charge in [0.15, 0.2) is 0 Å². The van der Waals surface area contributed by atoms with Gasteiger partial charge in [0.2, 0.25) is 0 Å². The second-order valence-corrected chi connectivity index (χ2v) is 13.3. The summed E-state index contributed by atoms with van der Waals surface area (Å²) in [4.78, 5) is 0. The van der Waals surface area contributed by atoms with Gasteiger partial charge < -0.3 is 9.13 Å². The minimum Gasteiger partial charge on any atom is -0.309 e. The minimum absolute atomic E-state index is 0.303. The fourth-order valence-electron chi connectivity index (χ4n) is 6.78. The summed E-state index contributed by atoms with van der Waals surface area (Å²) in [6.07, 6.45) is 0. The van der Waals surface area contributed by atoms with Crippen molar-refractivity contribution in [3.8, 4) is 44.8 Å². The van der Waals surface area contributed by atoms with Crippen molar-refractivity contribution in [1.82, 2.24) is 9.13 Å². The van der Waals surface area contributed by atoms with Gasteiger partial charge in [-0.05, 0) is 94.3 Å². The first-order valence-electron chi connectivity index (χ1n) is 33.7. The first-order chi connectivity index (χ1) is 42.4. The van der Waals surface area contributed by atoms with Crippen molar-refractivity contribution < 1.29 is 46.6 Å². The molecule has 2 nitrogen and oxygen atoms in total. The van der Waals surface area contributed by atoms with Crippen molar-refractivity contribution in [2.24, 2.45) is 0 Å². The molecular weight excluding hydrogens is 709 g/mol. The Kier molecular flexibility index (Phi) is 2.93. The summed E-state index contributed by atoms with van der Waals surface area (Å²) in [7, 11) is 0. The molecule has 0 saturated heterocycles. The van der Waals surface area contributed by atoms with Crippen molar-refractivity contribution in [2.45, 2.75) is 0 Å². The molecule has 0 radical (unpaired) electrons. The first-order valence-corrected chi connectivity index (χ1v) is 17.6. The fourth-order valence-corrected chi connectivity index (χ4v) is 7.85. The van der Waals surface area contributed by atoms with E-state index in [-0.39, 0.29) is 9.40 Å². The maximum Gasteiger partial charge on any atom is 0.0652 e. The Morgan fingerprint density at radius 1 is 0.316 bits per heavy atom. The molecule has 0 aliphatic heterocycles. The number of para-hydroxylation sites is 3. The molecule has 266 valence electrons. The van der Waals surface area contributed by atoms with Gasteiger partial charge in [-0.1, -0.05) is 139 Å². The maximum absolute atomic E-state index is 10.3. The average molecular weight is 777 g/mol. The average Bonchev–Trinajstić information content (AvgIpc) is 1.56. The highest BCUT2D eigenvalue weighted by Gasteiger charge is 2.19. The van der Waals surface area contributed by atoms with Crippen molar-refractivity contribution >= 4 is 75.1 Å². The van der Waals surface area contributed by atoms with Crippen molar-refractivity contribution in [3.63, 3.8) is 0 Å². The van der Waals surface area contributed by atoms with Crippen LogP contribution in [0.4, 0.5) is 0 Å². The third-order valence-electron chi connectivity index (χ3n) is 9.17. The van der Waals surface area contributed by atoms with Gasteiger partial charge in [-0.2, -0.15) is 0 Å². The number of nitrogens with zero attached hydrogens (tertiary/aromatic N) is 2. The molecule has 9 aromatic carbocycles. The number of fused-ring (bicyclic) bond motifs is 9. The smallest absolute Gasteiger partial charge is 0.0652 e. The molecule has 0 spiro atoms. The zero-order valence-electron chi connectivity index (χ0n) is 62.3. The molecule has 0 aliphatic rings. The highest BCUT2D eigenvalue weighted by atomic mass is 32.1. The Morgan fingerprint density at radius 2 is 0.877 bits per heavy atom. The molecule has 57 heavy (non-hydrogen) atoms. The predicted octanol–water partition coefficient (Wildman–Crippen LogP) is 15.2. The molecule has 0 bridgehead atoms.